The third kappa shape index (κ3) is 6.04. The van der Waals surface area contributed by atoms with Gasteiger partial charge in [0.05, 0.1) is 11.6 Å². The summed E-state index contributed by atoms with van der Waals surface area (Å²) >= 11 is 0. The van der Waals surface area contributed by atoms with Crippen LogP contribution >= 0.6 is 0 Å². The Bertz CT molecular complexity index is 1020. The van der Waals surface area contributed by atoms with Gasteiger partial charge in [0.15, 0.2) is 0 Å². The van der Waals surface area contributed by atoms with Crippen molar-refractivity contribution in [2.45, 2.75) is 89.4 Å². The summed E-state index contributed by atoms with van der Waals surface area (Å²) in [6.07, 6.45) is 7.59. The topological polar surface area (TPSA) is 65.1 Å². The van der Waals surface area contributed by atoms with Crippen molar-refractivity contribution in [3.05, 3.63) is 48.0 Å². The molecule has 3 heterocycles. The molecule has 3 aliphatic heterocycles. The minimum atomic E-state index is -0.0816. The first-order valence-corrected chi connectivity index (χ1v) is 15.2. The molecule has 1 N–H and O–H groups in total. The number of hydrogen-bond acceptors (Lipinski definition) is 4. The van der Waals surface area contributed by atoms with Crippen LogP contribution in [0.1, 0.15) is 77.3 Å². The lowest BCUT2D eigenvalue weighted by Gasteiger charge is -2.39. The number of piperidine rings is 1. The molecular formula is C32H48N4O3. The van der Waals surface area contributed by atoms with E-state index in [1.807, 2.05) is 18.2 Å². The zero-order valence-electron chi connectivity index (χ0n) is 24.2. The summed E-state index contributed by atoms with van der Waals surface area (Å²) in [5.41, 5.74) is 1.61. The van der Waals surface area contributed by atoms with Crippen LogP contribution in [0.2, 0.25) is 0 Å². The van der Waals surface area contributed by atoms with Crippen molar-refractivity contribution in [3.8, 4) is 0 Å². The second-order valence-electron chi connectivity index (χ2n) is 12.8. The molecule has 7 heteroatoms. The lowest BCUT2D eigenvalue weighted by atomic mass is 9.90. The van der Waals surface area contributed by atoms with Gasteiger partial charge in [-0.15, -0.1) is 0 Å². The Balaban J connectivity index is 1.29. The minimum Gasteiger partial charge on any atom is -0.381 e. The van der Waals surface area contributed by atoms with Gasteiger partial charge in [0.1, 0.15) is 0 Å². The number of nitrogens with one attached hydrogen (secondary N) is 1. The number of likely N-dealkylation sites (tertiary alicyclic amines) is 1. The molecule has 1 aromatic rings. The first-order valence-electron chi connectivity index (χ1n) is 15.2. The van der Waals surface area contributed by atoms with Gasteiger partial charge in [-0.25, -0.2) is 4.79 Å². The standard InChI is InChI=1S/C32H48N4O3/c1-23(2)30(37)33-28(26-9-6-5-7-10-26)12-16-34-15-8-11-27-19-32(20-29(27)34)22-35(31(38)36(32)24(3)4)21-25-13-17-39-18-14-25/h5-7,9-10,24-25,27-29H,1,8,11-22H2,2-4H3,(H,33,37)/t27?,28-,29?,32+/m0/s1. The number of carbonyl (C=O) groups excluding carboxylic acids is 2. The largest absolute Gasteiger partial charge is 0.381 e. The summed E-state index contributed by atoms with van der Waals surface area (Å²) in [7, 11) is 0. The Morgan fingerprint density at radius 3 is 2.59 bits per heavy atom. The Hall–Kier alpha value is -2.38. The Labute approximate surface area is 234 Å². The maximum atomic E-state index is 13.8. The number of benzene rings is 1. The molecule has 4 atom stereocenters. The highest BCUT2D eigenvalue weighted by molar-refractivity contribution is 5.92. The number of amides is 3. The fourth-order valence-electron chi connectivity index (χ4n) is 7.90. The molecular weight excluding hydrogens is 488 g/mol. The first-order chi connectivity index (χ1) is 18.8. The molecule has 1 spiro atoms. The molecule has 3 amide bonds. The number of rotatable bonds is 9. The van der Waals surface area contributed by atoms with E-state index in [2.05, 4.69) is 52.6 Å². The molecule has 1 aromatic carbocycles. The SMILES string of the molecule is C=C(C)C(=O)N[C@@H](CCN1CCCC2C[C@@]3(CC21)CN(CC1CCOCC1)C(=O)N3C(C)C)c1ccccc1. The van der Waals surface area contributed by atoms with Crippen LogP contribution in [-0.4, -0.2) is 83.7 Å². The third-order valence-electron chi connectivity index (χ3n) is 9.67. The molecule has 214 valence electrons. The van der Waals surface area contributed by atoms with Gasteiger partial charge in [-0.3, -0.25) is 9.69 Å². The van der Waals surface area contributed by atoms with Gasteiger partial charge in [-0.2, -0.15) is 0 Å². The van der Waals surface area contributed by atoms with Crippen LogP contribution in [0.3, 0.4) is 0 Å². The highest BCUT2D eigenvalue weighted by Crippen LogP contribution is 2.49. The predicted molar refractivity (Wildman–Crippen MR) is 154 cm³/mol. The zero-order valence-corrected chi connectivity index (χ0v) is 24.2. The summed E-state index contributed by atoms with van der Waals surface area (Å²) in [6.45, 7) is 15.4. The number of nitrogens with zero attached hydrogens (tertiary/aromatic N) is 3. The maximum absolute atomic E-state index is 13.8. The molecule has 4 fully saturated rings. The Morgan fingerprint density at radius 1 is 1.15 bits per heavy atom. The van der Waals surface area contributed by atoms with E-state index in [1.54, 1.807) is 6.92 Å². The Morgan fingerprint density at radius 2 is 1.90 bits per heavy atom. The first kappa shape index (κ1) is 28.2. The number of carbonyl (C=O) groups is 2. The van der Waals surface area contributed by atoms with Crippen molar-refractivity contribution in [1.82, 2.24) is 20.0 Å². The van der Waals surface area contributed by atoms with Gasteiger partial charge in [-0.05, 0) is 89.7 Å². The van der Waals surface area contributed by atoms with E-state index < -0.39 is 0 Å². The van der Waals surface area contributed by atoms with Crippen molar-refractivity contribution in [2.75, 3.05) is 39.4 Å². The quantitative estimate of drug-likeness (QED) is 0.452. The van der Waals surface area contributed by atoms with E-state index in [-0.39, 0.29) is 29.6 Å². The van der Waals surface area contributed by atoms with E-state index >= 15 is 0 Å². The molecule has 1 saturated carbocycles. The van der Waals surface area contributed by atoms with Crippen LogP contribution < -0.4 is 5.32 Å². The van der Waals surface area contributed by atoms with Gasteiger partial charge in [-0.1, -0.05) is 36.9 Å². The van der Waals surface area contributed by atoms with Crippen molar-refractivity contribution in [1.29, 1.82) is 0 Å². The van der Waals surface area contributed by atoms with Crippen LogP contribution in [0.15, 0.2) is 42.5 Å². The molecule has 1 aliphatic carbocycles. The van der Waals surface area contributed by atoms with E-state index in [4.69, 9.17) is 4.74 Å². The van der Waals surface area contributed by atoms with Crippen molar-refractivity contribution in [2.24, 2.45) is 11.8 Å². The predicted octanol–water partition coefficient (Wildman–Crippen LogP) is 5.00. The zero-order chi connectivity index (χ0) is 27.6. The third-order valence-corrected chi connectivity index (χ3v) is 9.67. The monoisotopic (exact) mass is 536 g/mol. The second-order valence-corrected chi connectivity index (χ2v) is 12.8. The van der Waals surface area contributed by atoms with E-state index in [9.17, 15) is 9.59 Å². The normalized spacial score (nSPS) is 28.8. The smallest absolute Gasteiger partial charge is 0.320 e. The molecule has 39 heavy (non-hydrogen) atoms. The van der Waals surface area contributed by atoms with Crippen molar-refractivity contribution in [3.63, 3.8) is 0 Å². The molecule has 5 rings (SSSR count). The highest BCUT2D eigenvalue weighted by Gasteiger charge is 2.58. The fourth-order valence-corrected chi connectivity index (χ4v) is 7.90. The lowest BCUT2D eigenvalue weighted by molar-refractivity contribution is -0.118. The van der Waals surface area contributed by atoms with Crippen LogP contribution in [0.25, 0.3) is 0 Å². The molecule has 0 bridgehead atoms. The highest BCUT2D eigenvalue weighted by atomic mass is 16.5. The number of hydrogen-bond donors (Lipinski definition) is 1. The van der Waals surface area contributed by atoms with Crippen LogP contribution in [0, 0.1) is 11.8 Å². The molecule has 0 aromatic heterocycles. The average molecular weight is 537 g/mol. The van der Waals surface area contributed by atoms with E-state index in [1.165, 1.54) is 12.8 Å². The molecule has 2 unspecified atom stereocenters. The fraction of sp³-hybridized carbons (Fsp3) is 0.688. The van der Waals surface area contributed by atoms with Gasteiger partial charge in [0.2, 0.25) is 5.91 Å². The molecule has 3 saturated heterocycles. The average Bonchev–Trinajstić information content (AvgIpc) is 3.42. The molecule has 7 nitrogen and oxygen atoms in total. The van der Waals surface area contributed by atoms with Gasteiger partial charge in [0.25, 0.3) is 0 Å². The minimum absolute atomic E-state index is 0.0404. The lowest BCUT2D eigenvalue weighted by Crippen LogP contribution is -2.50. The number of ether oxygens (including phenoxy) is 1. The van der Waals surface area contributed by atoms with Crippen LogP contribution in [0.4, 0.5) is 4.79 Å². The summed E-state index contributed by atoms with van der Waals surface area (Å²) in [4.78, 5) is 33.4. The van der Waals surface area contributed by atoms with Crippen LogP contribution in [-0.2, 0) is 9.53 Å². The Kier molecular flexibility index (Phi) is 8.67. The molecule has 0 radical (unpaired) electrons. The number of fused-ring (bicyclic) bond motifs is 1. The summed E-state index contributed by atoms with van der Waals surface area (Å²) in [6, 6.07) is 11.2. The summed E-state index contributed by atoms with van der Waals surface area (Å²) in [5.74, 6) is 1.09. The van der Waals surface area contributed by atoms with Crippen LogP contribution in [0.5, 0.6) is 0 Å². The van der Waals surface area contributed by atoms with Gasteiger partial charge >= 0.3 is 6.03 Å². The summed E-state index contributed by atoms with van der Waals surface area (Å²) in [5, 5.41) is 3.22. The van der Waals surface area contributed by atoms with Gasteiger partial charge < -0.3 is 19.9 Å². The second kappa shape index (κ2) is 12.0. The van der Waals surface area contributed by atoms with Crippen molar-refractivity contribution < 1.29 is 14.3 Å². The molecule has 4 aliphatic rings. The van der Waals surface area contributed by atoms with Gasteiger partial charge in [0, 0.05) is 50.5 Å². The van der Waals surface area contributed by atoms with E-state index in [0.29, 0.717) is 23.5 Å². The summed E-state index contributed by atoms with van der Waals surface area (Å²) < 4.78 is 5.57. The number of urea groups is 1. The van der Waals surface area contributed by atoms with E-state index in [0.717, 1.165) is 77.1 Å². The van der Waals surface area contributed by atoms with Crippen molar-refractivity contribution >= 4 is 11.9 Å². The maximum Gasteiger partial charge on any atom is 0.320 e.